The van der Waals surface area contributed by atoms with Crippen LogP contribution in [0.2, 0.25) is 0 Å². The number of rotatable bonds is 6. The third-order valence-electron chi connectivity index (χ3n) is 3.27. The van der Waals surface area contributed by atoms with E-state index in [1.807, 2.05) is 6.07 Å². The van der Waals surface area contributed by atoms with Crippen LogP contribution >= 0.6 is 0 Å². The highest BCUT2D eigenvalue weighted by atomic mass is 16.5. The first kappa shape index (κ1) is 14.5. The number of nitrogens with zero attached hydrogens (tertiary/aromatic N) is 3. The van der Waals surface area contributed by atoms with Crippen LogP contribution in [0.1, 0.15) is 19.3 Å². The van der Waals surface area contributed by atoms with Crippen LogP contribution in [0.15, 0.2) is 12.4 Å². The minimum Gasteiger partial charge on any atom is -0.481 e. The quantitative estimate of drug-likeness (QED) is 0.830. The highest BCUT2D eigenvalue weighted by Gasteiger charge is 2.21. The average molecular weight is 281 g/mol. The predicted octanol–water partition coefficient (Wildman–Crippen LogP) is 0.945. The molecule has 0 unspecified atom stereocenters. The first-order valence-corrected chi connectivity index (χ1v) is 6.63. The Kier molecular flexibility index (Phi) is 5.11. The van der Waals surface area contributed by atoms with Gasteiger partial charge in [0.15, 0.2) is 0 Å². The second kappa shape index (κ2) is 7.04. The standard InChI is InChI=1S/C13H19N3O4/c1-19-12-8-11(14-9-15-12)16-5-2-10(3-6-16)20-7-4-13(17)18/h8-10H,2-7H2,1H3,(H,17,18). The summed E-state index contributed by atoms with van der Waals surface area (Å²) in [7, 11) is 1.58. The minimum absolute atomic E-state index is 0.0589. The van der Waals surface area contributed by atoms with Crippen molar-refractivity contribution in [1.29, 1.82) is 0 Å². The molecule has 0 spiro atoms. The van der Waals surface area contributed by atoms with Gasteiger partial charge < -0.3 is 19.5 Å². The summed E-state index contributed by atoms with van der Waals surface area (Å²) in [6, 6.07) is 1.81. The molecule has 1 aliphatic rings. The number of ether oxygens (including phenoxy) is 2. The van der Waals surface area contributed by atoms with Gasteiger partial charge in [-0.05, 0) is 12.8 Å². The van der Waals surface area contributed by atoms with Gasteiger partial charge in [-0.25, -0.2) is 9.97 Å². The molecule has 1 N–H and O–H groups in total. The van der Waals surface area contributed by atoms with Crippen LogP contribution in [0.5, 0.6) is 5.88 Å². The van der Waals surface area contributed by atoms with Gasteiger partial charge in [0.05, 0.1) is 26.2 Å². The predicted molar refractivity (Wildman–Crippen MR) is 72.0 cm³/mol. The number of carboxylic acid groups (broad SMARTS) is 1. The van der Waals surface area contributed by atoms with Crippen molar-refractivity contribution in [1.82, 2.24) is 9.97 Å². The Labute approximate surface area is 117 Å². The lowest BCUT2D eigenvalue weighted by Gasteiger charge is -2.32. The molecule has 0 saturated carbocycles. The minimum atomic E-state index is -0.824. The van der Waals surface area contributed by atoms with E-state index in [2.05, 4.69) is 14.9 Å². The second-order valence-electron chi connectivity index (χ2n) is 4.62. The first-order chi connectivity index (χ1) is 9.69. The van der Waals surface area contributed by atoms with Gasteiger partial charge in [-0.15, -0.1) is 0 Å². The molecular formula is C13H19N3O4. The van der Waals surface area contributed by atoms with E-state index in [4.69, 9.17) is 14.6 Å². The van der Waals surface area contributed by atoms with E-state index < -0.39 is 5.97 Å². The molecule has 7 heteroatoms. The van der Waals surface area contributed by atoms with Crippen molar-refractivity contribution in [2.45, 2.75) is 25.4 Å². The number of hydrogen-bond acceptors (Lipinski definition) is 6. The van der Waals surface area contributed by atoms with Crippen molar-refractivity contribution in [2.75, 3.05) is 31.7 Å². The fourth-order valence-corrected chi connectivity index (χ4v) is 2.18. The van der Waals surface area contributed by atoms with E-state index in [1.165, 1.54) is 6.33 Å². The molecule has 2 heterocycles. The summed E-state index contributed by atoms with van der Waals surface area (Å²) in [5.41, 5.74) is 0. The average Bonchev–Trinajstić information content (AvgIpc) is 2.48. The lowest BCUT2D eigenvalue weighted by Crippen LogP contribution is -2.37. The number of aromatic nitrogens is 2. The summed E-state index contributed by atoms with van der Waals surface area (Å²) in [5, 5.41) is 8.57. The molecule has 110 valence electrons. The maximum atomic E-state index is 10.4. The van der Waals surface area contributed by atoms with E-state index in [-0.39, 0.29) is 19.1 Å². The molecule has 0 amide bonds. The maximum absolute atomic E-state index is 10.4. The van der Waals surface area contributed by atoms with Crippen LogP contribution in [0, 0.1) is 0 Å². The summed E-state index contributed by atoms with van der Waals surface area (Å²) < 4.78 is 10.6. The second-order valence-corrected chi connectivity index (χ2v) is 4.62. The Bertz CT molecular complexity index is 447. The topological polar surface area (TPSA) is 84.8 Å². The zero-order valence-corrected chi connectivity index (χ0v) is 11.5. The van der Waals surface area contributed by atoms with Crippen molar-refractivity contribution < 1.29 is 19.4 Å². The molecule has 0 aromatic carbocycles. The Morgan fingerprint density at radius 2 is 2.20 bits per heavy atom. The summed E-state index contributed by atoms with van der Waals surface area (Å²) in [6.45, 7) is 1.94. The van der Waals surface area contributed by atoms with E-state index >= 15 is 0 Å². The zero-order valence-electron chi connectivity index (χ0n) is 11.5. The van der Waals surface area contributed by atoms with Crippen molar-refractivity contribution >= 4 is 11.8 Å². The summed E-state index contributed by atoms with van der Waals surface area (Å²) in [6.07, 6.45) is 3.42. The van der Waals surface area contributed by atoms with Gasteiger partial charge in [-0.2, -0.15) is 0 Å². The molecule has 7 nitrogen and oxygen atoms in total. The Balaban J connectivity index is 1.80. The van der Waals surface area contributed by atoms with Gasteiger partial charge in [-0.1, -0.05) is 0 Å². The molecule has 1 aliphatic heterocycles. The van der Waals surface area contributed by atoms with Crippen molar-refractivity contribution in [2.24, 2.45) is 0 Å². The Morgan fingerprint density at radius 3 is 2.85 bits per heavy atom. The third kappa shape index (κ3) is 4.06. The smallest absolute Gasteiger partial charge is 0.305 e. The van der Waals surface area contributed by atoms with Gasteiger partial charge in [0, 0.05) is 19.2 Å². The summed E-state index contributed by atoms with van der Waals surface area (Å²) >= 11 is 0. The van der Waals surface area contributed by atoms with Crippen LogP contribution in [-0.2, 0) is 9.53 Å². The van der Waals surface area contributed by atoms with Crippen LogP contribution < -0.4 is 9.64 Å². The molecular weight excluding hydrogens is 262 g/mol. The van der Waals surface area contributed by atoms with Crippen molar-refractivity contribution in [3.63, 3.8) is 0 Å². The molecule has 1 aromatic heterocycles. The van der Waals surface area contributed by atoms with Gasteiger partial charge in [-0.3, -0.25) is 4.79 Å². The van der Waals surface area contributed by atoms with Gasteiger partial charge in [0.25, 0.3) is 0 Å². The Hall–Kier alpha value is -1.89. The van der Waals surface area contributed by atoms with E-state index in [9.17, 15) is 4.79 Å². The molecule has 0 bridgehead atoms. The third-order valence-corrected chi connectivity index (χ3v) is 3.27. The zero-order chi connectivity index (χ0) is 14.4. The first-order valence-electron chi connectivity index (χ1n) is 6.63. The van der Waals surface area contributed by atoms with Crippen LogP contribution in [0.3, 0.4) is 0 Å². The molecule has 0 radical (unpaired) electrons. The number of carbonyl (C=O) groups is 1. The van der Waals surface area contributed by atoms with Crippen molar-refractivity contribution in [3.05, 3.63) is 12.4 Å². The van der Waals surface area contributed by atoms with Gasteiger partial charge >= 0.3 is 5.97 Å². The molecule has 1 aromatic rings. The fraction of sp³-hybridized carbons (Fsp3) is 0.615. The molecule has 1 saturated heterocycles. The highest BCUT2D eigenvalue weighted by molar-refractivity contribution is 5.66. The lowest BCUT2D eigenvalue weighted by atomic mass is 10.1. The van der Waals surface area contributed by atoms with Crippen molar-refractivity contribution in [3.8, 4) is 5.88 Å². The van der Waals surface area contributed by atoms with Crippen LogP contribution in [0.25, 0.3) is 0 Å². The number of piperidine rings is 1. The SMILES string of the molecule is COc1cc(N2CCC(OCCC(=O)O)CC2)ncn1. The number of aliphatic carboxylic acids is 1. The Morgan fingerprint density at radius 1 is 1.45 bits per heavy atom. The monoisotopic (exact) mass is 281 g/mol. The molecule has 0 atom stereocenters. The normalized spacial score (nSPS) is 16.1. The molecule has 0 aliphatic carbocycles. The molecule has 1 fully saturated rings. The number of methoxy groups -OCH3 is 1. The number of carboxylic acids is 1. The number of anilines is 1. The van der Waals surface area contributed by atoms with Crippen LogP contribution in [-0.4, -0.2) is 54.0 Å². The maximum Gasteiger partial charge on any atom is 0.305 e. The van der Waals surface area contributed by atoms with E-state index in [0.717, 1.165) is 31.7 Å². The number of hydrogen-bond donors (Lipinski definition) is 1. The lowest BCUT2D eigenvalue weighted by molar-refractivity contribution is -0.138. The summed E-state index contributed by atoms with van der Waals surface area (Å²) in [5.74, 6) is 0.575. The summed E-state index contributed by atoms with van der Waals surface area (Å²) in [4.78, 5) is 20.8. The van der Waals surface area contributed by atoms with E-state index in [1.54, 1.807) is 7.11 Å². The van der Waals surface area contributed by atoms with E-state index in [0.29, 0.717) is 5.88 Å². The molecule has 20 heavy (non-hydrogen) atoms. The molecule has 2 rings (SSSR count). The van der Waals surface area contributed by atoms with Gasteiger partial charge in [0.2, 0.25) is 5.88 Å². The fourth-order valence-electron chi connectivity index (χ4n) is 2.18. The largest absolute Gasteiger partial charge is 0.481 e. The van der Waals surface area contributed by atoms with Crippen LogP contribution in [0.4, 0.5) is 5.82 Å². The van der Waals surface area contributed by atoms with Gasteiger partial charge in [0.1, 0.15) is 12.1 Å². The highest BCUT2D eigenvalue weighted by Crippen LogP contribution is 2.21.